The van der Waals surface area contributed by atoms with Crippen molar-refractivity contribution >= 4 is 17.5 Å². The second kappa shape index (κ2) is 13.0. The van der Waals surface area contributed by atoms with Crippen molar-refractivity contribution in [1.29, 1.82) is 0 Å². The summed E-state index contributed by atoms with van der Waals surface area (Å²) in [6, 6.07) is -1.72. The molecule has 2 aliphatic rings. The molecule has 264 valence electrons. The van der Waals surface area contributed by atoms with Gasteiger partial charge in [-0.2, -0.15) is 18.3 Å². The average molecular weight is 704 g/mol. The van der Waals surface area contributed by atoms with Crippen LogP contribution >= 0.6 is 0 Å². The van der Waals surface area contributed by atoms with Gasteiger partial charge in [-0.15, -0.1) is 10.2 Å². The summed E-state index contributed by atoms with van der Waals surface area (Å²) in [5, 5.41) is 22.8. The topological polar surface area (TPSA) is 175 Å². The number of nitrogens with zero attached hydrogens (tertiary/aromatic N) is 7. The zero-order valence-electron chi connectivity index (χ0n) is 25.5. The molecular formula is C28H28F7N9O5. The summed E-state index contributed by atoms with van der Waals surface area (Å²) in [4.78, 5) is 30.8. The monoisotopic (exact) mass is 703 g/mol. The highest BCUT2D eigenvalue weighted by Gasteiger charge is 2.56. The number of rotatable bonds is 11. The van der Waals surface area contributed by atoms with E-state index in [2.05, 4.69) is 40.5 Å². The number of carbonyl (C=O) groups excluding carboxylic acids is 2. The van der Waals surface area contributed by atoms with E-state index in [4.69, 9.17) is 9.15 Å². The van der Waals surface area contributed by atoms with Gasteiger partial charge >= 0.3 is 6.18 Å². The molecule has 1 saturated carbocycles. The molecule has 49 heavy (non-hydrogen) atoms. The zero-order valence-corrected chi connectivity index (χ0v) is 25.5. The number of methoxy groups -OCH3 is 1. The van der Waals surface area contributed by atoms with Gasteiger partial charge in [0.25, 0.3) is 12.3 Å². The van der Waals surface area contributed by atoms with Gasteiger partial charge in [0.1, 0.15) is 12.6 Å². The first-order valence-corrected chi connectivity index (χ1v) is 15.0. The van der Waals surface area contributed by atoms with Crippen LogP contribution < -0.4 is 10.6 Å². The molecule has 0 radical (unpaired) electrons. The molecule has 4 aromatic rings. The number of alkyl halides is 7. The lowest BCUT2D eigenvalue weighted by Gasteiger charge is -2.33. The lowest BCUT2D eigenvalue weighted by atomic mass is 9.76. The van der Waals surface area contributed by atoms with Gasteiger partial charge in [0.05, 0.1) is 29.5 Å². The van der Waals surface area contributed by atoms with E-state index in [1.54, 1.807) is 0 Å². The van der Waals surface area contributed by atoms with E-state index in [0.29, 0.717) is 5.56 Å². The van der Waals surface area contributed by atoms with Crippen molar-refractivity contribution < 1.29 is 54.1 Å². The number of amides is 2. The van der Waals surface area contributed by atoms with Crippen LogP contribution in [0.4, 0.5) is 30.7 Å². The third kappa shape index (κ3) is 7.20. The molecule has 0 bridgehead atoms. The van der Waals surface area contributed by atoms with E-state index in [9.17, 15) is 40.3 Å². The van der Waals surface area contributed by atoms with E-state index in [1.165, 1.54) is 30.1 Å². The van der Waals surface area contributed by atoms with Crippen LogP contribution in [0.3, 0.4) is 0 Å². The van der Waals surface area contributed by atoms with E-state index in [-0.39, 0.29) is 55.4 Å². The van der Waals surface area contributed by atoms with Gasteiger partial charge in [0.2, 0.25) is 29.3 Å². The molecule has 1 aliphatic carbocycles. The fraction of sp³-hybridized carbons (Fsp3) is 0.571. The van der Waals surface area contributed by atoms with Crippen LogP contribution in [0, 0.1) is 11.3 Å². The maximum absolute atomic E-state index is 14.0. The standard InChI is InChI=1S/C28H28F7N9O5/c1-47-12-19-41-40-18(48-19)9-26(8-16(28(33,34)35)38-25(26)46)7-13-6-17-37-15(11-44(17)36-10-13)20(14-2-4-27(31,32)5-3-14)39-24(45)22-21(23(29)30)42-49-43-22/h6,10-11,14,16,20,23H,2-5,7-9,12H2,1H3,(H,38,46)(H,39,45)/t16-,20-,26-/m0/s1. The Balaban J connectivity index is 1.31. The number of hydrogen-bond acceptors (Lipinski definition) is 11. The highest BCUT2D eigenvalue weighted by Crippen LogP contribution is 2.43. The first-order valence-electron chi connectivity index (χ1n) is 15.0. The first-order chi connectivity index (χ1) is 23.2. The molecule has 1 aliphatic heterocycles. The van der Waals surface area contributed by atoms with Crippen molar-refractivity contribution in [2.75, 3.05) is 7.11 Å². The molecule has 2 N–H and O–H groups in total. The molecule has 0 unspecified atom stereocenters. The summed E-state index contributed by atoms with van der Waals surface area (Å²) < 4.78 is 112. The number of ether oxygens (including phenoxy) is 1. The number of nitrogens with one attached hydrogen (secondary N) is 2. The Morgan fingerprint density at radius 2 is 1.90 bits per heavy atom. The Bertz CT molecular complexity index is 1820. The van der Waals surface area contributed by atoms with Crippen LogP contribution in [0.2, 0.25) is 0 Å². The van der Waals surface area contributed by atoms with E-state index < -0.39 is 84.4 Å². The van der Waals surface area contributed by atoms with Crippen LogP contribution in [0.5, 0.6) is 0 Å². The molecule has 0 aromatic carbocycles. The molecule has 5 heterocycles. The quantitative estimate of drug-likeness (QED) is 0.215. The zero-order chi connectivity index (χ0) is 35.1. The first kappa shape index (κ1) is 34.2. The fourth-order valence-electron chi connectivity index (χ4n) is 6.35. The molecule has 14 nitrogen and oxygen atoms in total. The van der Waals surface area contributed by atoms with Gasteiger partial charge in [-0.3, -0.25) is 9.59 Å². The molecule has 0 spiro atoms. The van der Waals surface area contributed by atoms with Crippen LogP contribution in [-0.4, -0.2) is 72.2 Å². The molecular weight excluding hydrogens is 675 g/mol. The Morgan fingerprint density at radius 1 is 1.16 bits per heavy atom. The summed E-state index contributed by atoms with van der Waals surface area (Å²) in [5.74, 6) is -5.49. The minimum Gasteiger partial charge on any atom is -0.423 e. The van der Waals surface area contributed by atoms with Gasteiger partial charge < -0.3 is 19.8 Å². The number of aromatic nitrogens is 7. The van der Waals surface area contributed by atoms with Crippen molar-refractivity contribution in [3.63, 3.8) is 0 Å². The summed E-state index contributed by atoms with van der Waals surface area (Å²) in [6.07, 6.45) is -7.44. The van der Waals surface area contributed by atoms with Gasteiger partial charge in [-0.25, -0.2) is 31.7 Å². The lowest BCUT2D eigenvalue weighted by Crippen LogP contribution is -2.39. The lowest BCUT2D eigenvalue weighted by molar-refractivity contribution is -0.155. The Morgan fingerprint density at radius 3 is 2.57 bits per heavy atom. The highest BCUT2D eigenvalue weighted by molar-refractivity contribution is 5.93. The van der Waals surface area contributed by atoms with Crippen molar-refractivity contribution in [1.82, 2.24) is 45.7 Å². The molecule has 2 fully saturated rings. The molecule has 3 atom stereocenters. The largest absolute Gasteiger partial charge is 0.423 e. The number of halogens is 7. The normalized spacial score (nSPS) is 22.1. The minimum absolute atomic E-state index is 0.0387. The maximum atomic E-state index is 14.0. The van der Waals surface area contributed by atoms with Crippen molar-refractivity contribution in [2.45, 2.75) is 82.2 Å². The van der Waals surface area contributed by atoms with Gasteiger partial charge in [0.15, 0.2) is 11.3 Å². The highest BCUT2D eigenvalue weighted by atomic mass is 19.4. The Kier molecular flexibility index (Phi) is 9.05. The van der Waals surface area contributed by atoms with E-state index in [0.717, 1.165) is 0 Å². The van der Waals surface area contributed by atoms with Crippen molar-refractivity contribution in [2.24, 2.45) is 11.3 Å². The van der Waals surface area contributed by atoms with Gasteiger partial charge in [-0.1, -0.05) is 0 Å². The third-order valence-corrected chi connectivity index (χ3v) is 8.76. The van der Waals surface area contributed by atoms with E-state index in [1.807, 2.05) is 5.32 Å². The van der Waals surface area contributed by atoms with Crippen LogP contribution in [-0.2, 0) is 29.0 Å². The van der Waals surface area contributed by atoms with Crippen LogP contribution in [0.15, 0.2) is 27.5 Å². The molecule has 1 saturated heterocycles. The second-order valence-corrected chi connectivity index (χ2v) is 12.2. The predicted molar refractivity (Wildman–Crippen MR) is 147 cm³/mol. The maximum Gasteiger partial charge on any atom is 0.408 e. The molecule has 2 amide bonds. The third-order valence-electron chi connectivity index (χ3n) is 8.76. The fourth-order valence-corrected chi connectivity index (χ4v) is 6.35. The SMILES string of the molecule is COCc1nnc(C[C@]2(Cc3cnn4cc([C@@H](NC(=O)c5nonc5C(F)F)C5CCC(F)(F)CC5)nc4c3)C[C@@H](C(F)(F)F)NC2=O)o1. The second-order valence-electron chi connectivity index (χ2n) is 12.2. The minimum atomic E-state index is -4.73. The van der Waals surface area contributed by atoms with Gasteiger partial charge in [-0.05, 0) is 53.5 Å². The van der Waals surface area contributed by atoms with E-state index >= 15 is 0 Å². The average Bonchev–Trinajstić information content (AvgIpc) is 3.83. The smallest absolute Gasteiger partial charge is 0.408 e. The molecule has 4 aromatic heterocycles. The number of imidazole rings is 1. The summed E-state index contributed by atoms with van der Waals surface area (Å²) in [7, 11) is 1.38. The molecule has 21 heteroatoms. The van der Waals surface area contributed by atoms with Crippen molar-refractivity contribution in [3.05, 3.63) is 52.9 Å². The number of hydrogen-bond donors (Lipinski definition) is 2. The summed E-state index contributed by atoms with van der Waals surface area (Å²) >= 11 is 0. The Labute approximate surface area is 271 Å². The van der Waals surface area contributed by atoms with Crippen molar-refractivity contribution in [3.8, 4) is 0 Å². The van der Waals surface area contributed by atoms with Crippen LogP contribution in [0.25, 0.3) is 5.65 Å². The number of fused-ring (bicyclic) bond motifs is 1. The summed E-state index contributed by atoms with van der Waals surface area (Å²) in [6.45, 7) is -0.0478. The molecule has 6 rings (SSSR count). The van der Waals surface area contributed by atoms with Crippen LogP contribution in [0.1, 0.15) is 83.8 Å². The summed E-state index contributed by atoms with van der Waals surface area (Å²) in [5.41, 5.74) is -2.85. The predicted octanol–water partition coefficient (Wildman–Crippen LogP) is 4.10. The number of carbonyl (C=O) groups is 2. The Hall–Kier alpha value is -4.69. The van der Waals surface area contributed by atoms with Gasteiger partial charge in [0, 0.05) is 26.4 Å².